The Morgan fingerprint density at radius 3 is 2.29 bits per heavy atom. The molecule has 0 unspecified atom stereocenters. The van der Waals surface area contributed by atoms with Crippen molar-refractivity contribution in [2.45, 2.75) is 0 Å². The molecule has 1 aliphatic rings. The van der Waals surface area contributed by atoms with Crippen LogP contribution in [0.4, 0.5) is 17.1 Å². The van der Waals surface area contributed by atoms with Gasteiger partial charge in [-0.2, -0.15) is 0 Å². The Bertz CT molecular complexity index is 849. The average molecular weight is 385 g/mol. The minimum atomic E-state index is -0.802. The van der Waals surface area contributed by atoms with Gasteiger partial charge in [-0.25, -0.2) is 0 Å². The first kappa shape index (κ1) is 19.5. The van der Waals surface area contributed by atoms with E-state index < -0.39 is 11.8 Å². The van der Waals surface area contributed by atoms with Crippen LogP contribution in [-0.4, -0.2) is 52.3 Å². The number of carbonyl (C=O) groups excluding carboxylic acids is 2. The molecule has 0 aliphatic carbocycles. The highest BCUT2D eigenvalue weighted by atomic mass is 16.5. The van der Waals surface area contributed by atoms with Crippen molar-refractivity contribution in [2.75, 3.05) is 56.1 Å². The van der Waals surface area contributed by atoms with Crippen molar-refractivity contribution in [3.05, 3.63) is 42.5 Å². The van der Waals surface area contributed by atoms with E-state index in [0.717, 1.165) is 18.8 Å². The molecule has 28 heavy (non-hydrogen) atoms. The zero-order valence-corrected chi connectivity index (χ0v) is 15.9. The fourth-order valence-corrected chi connectivity index (χ4v) is 2.93. The zero-order valence-electron chi connectivity index (χ0n) is 15.9. The van der Waals surface area contributed by atoms with Gasteiger partial charge in [-0.3, -0.25) is 9.59 Å². The summed E-state index contributed by atoms with van der Waals surface area (Å²) < 4.78 is 15.7. The zero-order chi connectivity index (χ0) is 19.9. The molecule has 2 N–H and O–H groups in total. The van der Waals surface area contributed by atoms with Gasteiger partial charge in [-0.15, -0.1) is 0 Å². The number of anilines is 3. The number of rotatable bonds is 5. The first-order chi connectivity index (χ1) is 13.6. The molecular formula is C20H23N3O5. The molecular weight excluding hydrogens is 362 g/mol. The van der Waals surface area contributed by atoms with Crippen LogP contribution in [0, 0.1) is 0 Å². The van der Waals surface area contributed by atoms with Crippen LogP contribution in [0.5, 0.6) is 11.5 Å². The summed E-state index contributed by atoms with van der Waals surface area (Å²) in [6, 6.07) is 12.3. The SMILES string of the molecule is COc1ccc(OC)c(NC(=O)C(=O)Nc2ccccc2N2CCOCC2)c1. The molecule has 148 valence electrons. The van der Waals surface area contributed by atoms with Crippen molar-refractivity contribution in [1.29, 1.82) is 0 Å². The molecule has 0 spiro atoms. The van der Waals surface area contributed by atoms with Gasteiger partial charge in [0.2, 0.25) is 0 Å². The largest absolute Gasteiger partial charge is 0.497 e. The molecule has 2 amide bonds. The Morgan fingerprint density at radius 2 is 1.61 bits per heavy atom. The van der Waals surface area contributed by atoms with Crippen molar-refractivity contribution in [3.8, 4) is 11.5 Å². The smallest absolute Gasteiger partial charge is 0.314 e. The predicted octanol–water partition coefficient (Wildman–Crippen LogP) is 2.12. The molecule has 3 rings (SSSR count). The second-order valence-electron chi connectivity index (χ2n) is 6.09. The maximum Gasteiger partial charge on any atom is 0.314 e. The number of nitrogens with one attached hydrogen (secondary N) is 2. The van der Waals surface area contributed by atoms with E-state index in [4.69, 9.17) is 14.2 Å². The predicted molar refractivity (Wildman–Crippen MR) is 106 cm³/mol. The number of hydrogen-bond acceptors (Lipinski definition) is 6. The van der Waals surface area contributed by atoms with Crippen LogP contribution in [-0.2, 0) is 14.3 Å². The highest BCUT2D eigenvalue weighted by Crippen LogP contribution is 2.29. The van der Waals surface area contributed by atoms with E-state index in [1.54, 1.807) is 24.3 Å². The van der Waals surface area contributed by atoms with E-state index in [2.05, 4.69) is 15.5 Å². The minimum absolute atomic E-state index is 0.350. The lowest BCUT2D eigenvalue weighted by molar-refractivity contribution is -0.133. The lowest BCUT2D eigenvalue weighted by Crippen LogP contribution is -2.37. The van der Waals surface area contributed by atoms with Crippen LogP contribution in [0.15, 0.2) is 42.5 Å². The van der Waals surface area contributed by atoms with E-state index in [9.17, 15) is 9.59 Å². The summed E-state index contributed by atoms with van der Waals surface area (Å²) in [4.78, 5) is 27.0. The average Bonchev–Trinajstić information content (AvgIpc) is 2.74. The summed E-state index contributed by atoms with van der Waals surface area (Å²) in [5.74, 6) is -0.612. The van der Waals surface area contributed by atoms with E-state index in [1.807, 2.05) is 18.2 Å². The lowest BCUT2D eigenvalue weighted by atomic mass is 10.2. The van der Waals surface area contributed by atoms with Gasteiger partial charge in [-0.05, 0) is 24.3 Å². The van der Waals surface area contributed by atoms with E-state index >= 15 is 0 Å². The van der Waals surface area contributed by atoms with Gasteiger partial charge in [0.15, 0.2) is 0 Å². The topological polar surface area (TPSA) is 89.1 Å². The number of methoxy groups -OCH3 is 2. The quantitative estimate of drug-likeness (QED) is 0.767. The van der Waals surface area contributed by atoms with Gasteiger partial charge in [0, 0.05) is 19.2 Å². The Morgan fingerprint density at radius 1 is 0.929 bits per heavy atom. The molecule has 1 fully saturated rings. The Hall–Kier alpha value is -3.26. The standard InChI is InChI=1S/C20H23N3O5/c1-26-14-7-8-18(27-2)16(13-14)22-20(25)19(24)21-15-5-3-4-6-17(15)23-9-11-28-12-10-23/h3-8,13H,9-12H2,1-2H3,(H,21,24)(H,22,25). The van der Waals surface area contributed by atoms with Gasteiger partial charge in [0.1, 0.15) is 11.5 Å². The highest BCUT2D eigenvalue weighted by Gasteiger charge is 2.20. The van der Waals surface area contributed by atoms with Gasteiger partial charge in [0.05, 0.1) is 44.5 Å². The first-order valence-corrected chi connectivity index (χ1v) is 8.88. The fourth-order valence-electron chi connectivity index (χ4n) is 2.93. The van der Waals surface area contributed by atoms with E-state index in [-0.39, 0.29) is 0 Å². The molecule has 8 nitrogen and oxygen atoms in total. The van der Waals surface area contributed by atoms with Crippen LogP contribution in [0.1, 0.15) is 0 Å². The van der Waals surface area contributed by atoms with Gasteiger partial charge >= 0.3 is 11.8 Å². The molecule has 0 saturated carbocycles. The van der Waals surface area contributed by atoms with Crippen LogP contribution in [0.25, 0.3) is 0 Å². The maximum absolute atomic E-state index is 12.5. The second kappa shape index (κ2) is 9.09. The summed E-state index contributed by atoms with van der Waals surface area (Å²) in [5.41, 5.74) is 1.77. The molecule has 1 heterocycles. The molecule has 0 radical (unpaired) electrons. The number of carbonyl (C=O) groups is 2. The van der Waals surface area contributed by atoms with Crippen molar-refractivity contribution in [3.63, 3.8) is 0 Å². The number of nitrogens with zero attached hydrogens (tertiary/aromatic N) is 1. The fraction of sp³-hybridized carbons (Fsp3) is 0.300. The summed E-state index contributed by atoms with van der Waals surface area (Å²) in [6.45, 7) is 2.69. The number of para-hydroxylation sites is 2. The number of ether oxygens (including phenoxy) is 3. The monoisotopic (exact) mass is 385 g/mol. The maximum atomic E-state index is 12.5. The first-order valence-electron chi connectivity index (χ1n) is 8.88. The lowest BCUT2D eigenvalue weighted by Gasteiger charge is -2.30. The Balaban J connectivity index is 1.73. The van der Waals surface area contributed by atoms with Crippen LogP contribution >= 0.6 is 0 Å². The molecule has 1 saturated heterocycles. The summed E-state index contributed by atoms with van der Waals surface area (Å²) in [6.07, 6.45) is 0. The van der Waals surface area contributed by atoms with Crippen LogP contribution in [0.2, 0.25) is 0 Å². The Kier molecular flexibility index (Phi) is 6.33. The van der Waals surface area contributed by atoms with Gasteiger partial charge < -0.3 is 29.7 Å². The summed E-state index contributed by atoms with van der Waals surface area (Å²) in [5, 5.41) is 5.25. The Labute approximate surface area is 163 Å². The third-order valence-corrected chi connectivity index (χ3v) is 4.37. The summed E-state index contributed by atoms with van der Waals surface area (Å²) in [7, 11) is 3.00. The molecule has 1 aliphatic heterocycles. The van der Waals surface area contributed by atoms with Crippen molar-refractivity contribution < 1.29 is 23.8 Å². The van der Waals surface area contributed by atoms with Gasteiger partial charge in [0.25, 0.3) is 0 Å². The number of benzene rings is 2. The third kappa shape index (κ3) is 4.52. The third-order valence-electron chi connectivity index (χ3n) is 4.37. The molecule has 0 bridgehead atoms. The molecule has 0 atom stereocenters. The van der Waals surface area contributed by atoms with Gasteiger partial charge in [-0.1, -0.05) is 12.1 Å². The van der Waals surface area contributed by atoms with Crippen molar-refractivity contribution in [2.24, 2.45) is 0 Å². The number of morpholine rings is 1. The van der Waals surface area contributed by atoms with Crippen molar-refractivity contribution in [1.82, 2.24) is 0 Å². The van der Waals surface area contributed by atoms with Crippen molar-refractivity contribution >= 4 is 28.9 Å². The molecule has 8 heteroatoms. The van der Waals surface area contributed by atoms with Crippen LogP contribution in [0.3, 0.4) is 0 Å². The number of hydrogen-bond donors (Lipinski definition) is 2. The molecule has 2 aromatic carbocycles. The van der Waals surface area contributed by atoms with E-state index in [1.165, 1.54) is 14.2 Å². The number of amides is 2. The highest BCUT2D eigenvalue weighted by molar-refractivity contribution is 6.44. The minimum Gasteiger partial charge on any atom is -0.497 e. The van der Waals surface area contributed by atoms with E-state index in [0.29, 0.717) is 36.1 Å². The normalized spacial score (nSPS) is 13.6. The second-order valence-corrected chi connectivity index (χ2v) is 6.09. The molecule has 2 aromatic rings. The molecule has 0 aromatic heterocycles. The summed E-state index contributed by atoms with van der Waals surface area (Å²) >= 11 is 0. The van der Waals surface area contributed by atoms with Crippen LogP contribution < -0.4 is 25.0 Å².